The summed E-state index contributed by atoms with van der Waals surface area (Å²) >= 11 is 6.40. The van der Waals surface area contributed by atoms with Crippen molar-refractivity contribution in [3.8, 4) is 5.75 Å². The molecule has 0 N–H and O–H groups in total. The van der Waals surface area contributed by atoms with E-state index in [1.165, 1.54) is 18.4 Å². The lowest BCUT2D eigenvalue weighted by atomic mass is 9.88. The lowest BCUT2D eigenvalue weighted by molar-refractivity contribution is 0.414. The molecule has 1 aromatic carbocycles. The minimum atomic E-state index is -0.584. The molecule has 7 heteroatoms. The number of hydrogen-bond donors (Lipinski definition) is 0. The van der Waals surface area contributed by atoms with Gasteiger partial charge in [-0.1, -0.05) is 25.0 Å². The van der Waals surface area contributed by atoms with Gasteiger partial charge < -0.3 is 9.30 Å². The molecular weight excluding hydrogens is 398 g/mol. The first-order valence-corrected chi connectivity index (χ1v) is 10.8. The SMILES string of the molecule is COc1ccc(CCC2(c3nc(Cl)nc4c3ncn4C3CCCC3)C=CC=N2)cc1. The summed E-state index contributed by atoms with van der Waals surface area (Å²) in [5, 5.41) is 0.247. The van der Waals surface area contributed by atoms with Crippen molar-refractivity contribution in [1.82, 2.24) is 19.5 Å². The first-order valence-electron chi connectivity index (χ1n) is 10.4. The number of aliphatic imine (C=N–C) groups is 1. The number of aromatic nitrogens is 4. The number of halogens is 1. The van der Waals surface area contributed by atoms with Crippen molar-refractivity contribution >= 4 is 29.0 Å². The molecule has 1 saturated carbocycles. The fourth-order valence-corrected chi connectivity index (χ4v) is 4.76. The van der Waals surface area contributed by atoms with Crippen LogP contribution in [0.1, 0.15) is 49.4 Å². The maximum Gasteiger partial charge on any atom is 0.224 e. The molecule has 1 aliphatic carbocycles. The summed E-state index contributed by atoms with van der Waals surface area (Å²) in [5.74, 6) is 0.856. The summed E-state index contributed by atoms with van der Waals surface area (Å²) in [6, 6.07) is 8.59. The van der Waals surface area contributed by atoms with Gasteiger partial charge in [0, 0.05) is 12.3 Å². The van der Waals surface area contributed by atoms with Crippen molar-refractivity contribution < 1.29 is 4.74 Å². The number of imidazole rings is 1. The Morgan fingerprint density at radius 3 is 2.67 bits per heavy atom. The van der Waals surface area contributed by atoms with E-state index in [1.54, 1.807) is 7.11 Å². The Labute approximate surface area is 180 Å². The molecule has 2 aromatic heterocycles. The molecule has 1 atom stereocenters. The highest BCUT2D eigenvalue weighted by molar-refractivity contribution is 6.28. The van der Waals surface area contributed by atoms with Crippen LogP contribution in [0.4, 0.5) is 0 Å². The molecule has 0 spiro atoms. The molecule has 154 valence electrons. The van der Waals surface area contributed by atoms with Crippen LogP contribution in [0.15, 0.2) is 47.7 Å². The van der Waals surface area contributed by atoms with Crippen LogP contribution < -0.4 is 4.74 Å². The average molecular weight is 422 g/mol. The van der Waals surface area contributed by atoms with Gasteiger partial charge in [0.15, 0.2) is 5.65 Å². The lowest BCUT2D eigenvalue weighted by Gasteiger charge is -2.24. The Hall–Kier alpha value is -2.73. The highest BCUT2D eigenvalue weighted by Crippen LogP contribution is 2.39. The van der Waals surface area contributed by atoms with Crippen LogP contribution in [-0.4, -0.2) is 32.8 Å². The number of benzene rings is 1. The fraction of sp³-hybridized carbons (Fsp3) is 0.391. The van der Waals surface area contributed by atoms with Crippen LogP contribution in [0.5, 0.6) is 5.75 Å². The van der Waals surface area contributed by atoms with Crippen LogP contribution >= 0.6 is 11.6 Å². The van der Waals surface area contributed by atoms with Gasteiger partial charge in [0.25, 0.3) is 0 Å². The summed E-state index contributed by atoms with van der Waals surface area (Å²) < 4.78 is 7.44. The van der Waals surface area contributed by atoms with Gasteiger partial charge in [0.1, 0.15) is 22.5 Å². The molecule has 30 heavy (non-hydrogen) atoms. The summed E-state index contributed by atoms with van der Waals surface area (Å²) in [4.78, 5) is 18.7. The van der Waals surface area contributed by atoms with Crippen molar-refractivity contribution in [2.75, 3.05) is 7.11 Å². The minimum Gasteiger partial charge on any atom is -0.497 e. The zero-order valence-electron chi connectivity index (χ0n) is 17.0. The van der Waals surface area contributed by atoms with Crippen molar-refractivity contribution in [1.29, 1.82) is 0 Å². The largest absolute Gasteiger partial charge is 0.497 e. The smallest absolute Gasteiger partial charge is 0.224 e. The summed E-state index contributed by atoms with van der Waals surface area (Å²) in [6.07, 6.45) is 14.2. The van der Waals surface area contributed by atoms with E-state index in [9.17, 15) is 0 Å². The molecule has 3 aromatic rings. The number of fused-ring (bicyclic) bond motifs is 1. The number of allylic oxidation sites excluding steroid dienone is 1. The topological polar surface area (TPSA) is 65.2 Å². The lowest BCUT2D eigenvalue weighted by Crippen LogP contribution is -2.23. The molecule has 0 saturated heterocycles. The van der Waals surface area contributed by atoms with Gasteiger partial charge in [0.2, 0.25) is 5.28 Å². The number of ether oxygens (including phenoxy) is 1. The maximum absolute atomic E-state index is 6.40. The fourth-order valence-electron chi connectivity index (χ4n) is 4.60. The highest BCUT2D eigenvalue weighted by atomic mass is 35.5. The summed E-state index contributed by atoms with van der Waals surface area (Å²) in [7, 11) is 1.68. The van der Waals surface area contributed by atoms with E-state index in [0.717, 1.165) is 48.3 Å². The first-order chi connectivity index (χ1) is 14.7. The molecule has 3 heterocycles. The second-order valence-corrected chi connectivity index (χ2v) is 8.35. The van der Waals surface area contributed by atoms with E-state index in [1.807, 2.05) is 30.8 Å². The maximum atomic E-state index is 6.40. The first kappa shape index (κ1) is 19.2. The number of nitrogens with zero attached hydrogens (tertiary/aromatic N) is 5. The van der Waals surface area contributed by atoms with Crippen molar-refractivity contribution in [2.24, 2.45) is 4.99 Å². The zero-order valence-corrected chi connectivity index (χ0v) is 17.7. The van der Waals surface area contributed by atoms with E-state index < -0.39 is 5.54 Å². The second-order valence-electron chi connectivity index (χ2n) is 8.01. The van der Waals surface area contributed by atoms with Crippen LogP contribution in [0, 0.1) is 0 Å². The Morgan fingerprint density at radius 2 is 1.97 bits per heavy atom. The van der Waals surface area contributed by atoms with E-state index >= 15 is 0 Å². The van der Waals surface area contributed by atoms with Gasteiger partial charge in [-0.25, -0.2) is 9.97 Å². The van der Waals surface area contributed by atoms with Gasteiger partial charge >= 0.3 is 0 Å². The van der Waals surface area contributed by atoms with Crippen LogP contribution in [-0.2, 0) is 12.0 Å². The average Bonchev–Trinajstić information content (AvgIpc) is 3.52. The van der Waals surface area contributed by atoms with Gasteiger partial charge in [-0.15, -0.1) is 0 Å². The van der Waals surface area contributed by atoms with E-state index in [4.69, 9.17) is 26.3 Å². The van der Waals surface area contributed by atoms with Crippen molar-refractivity contribution in [2.45, 2.75) is 50.1 Å². The molecule has 0 radical (unpaired) electrons. The third-order valence-electron chi connectivity index (χ3n) is 6.24. The van der Waals surface area contributed by atoms with Crippen molar-refractivity contribution in [3.63, 3.8) is 0 Å². The highest BCUT2D eigenvalue weighted by Gasteiger charge is 2.36. The van der Waals surface area contributed by atoms with Crippen LogP contribution in [0.25, 0.3) is 11.2 Å². The monoisotopic (exact) mass is 421 g/mol. The molecule has 6 nitrogen and oxygen atoms in total. The Kier molecular flexibility index (Phi) is 5.03. The molecule has 5 rings (SSSR count). The summed E-state index contributed by atoms with van der Waals surface area (Å²) in [6.45, 7) is 0. The molecule has 2 aliphatic rings. The third kappa shape index (κ3) is 3.39. The normalized spacial score (nSPS) is 21.1. The van der Waals surface area contributed by atoms with Gasteiger partial charge in [-0.3, -0.25) is 4.99 Å². The van der Waals surface area contributed by atoms with Crippen LogP contribution in [0.3, 0.4) is 0 Å². The Balaban J connectivity index is 1.52. The predicted octanol–water partition coefficient (Wildman–Crippen LogP) is 5.07. The second kappa shape index (κ2) is 7.84. The van der Waals surface area contributed by atoms with Gasteiger partial charge in [0.05, 0.1) is 13.4 Å². The Bertz CT molecular complexity index is 1100. The van der Waals surface area contributed by atoms with E-state index in [0.29, 0.717) is 6.04 Å². The predicted molar refractivity (Wildman–Crippen MR) is 118 cm³/mol. The number of methoxy groups -OCH3 is 1. The van der Waals surface area contributed by atoms with Crippen molar-refractivity contribution in [3.05, 3.63) is 59.3 Å². The van der Waals surface area contributed by atoms with Crippen LogP contribution in [0.2, 0.25) is 5.28 Å². The molecule has 1 unspecified atom stereocenters. The number of aryl methyl sites for hydroxylation is 1. The molecule has 1 fully saturated rings. The quantitative estimate of drug-likeness (QED) is 0.521. The van der Waals surface area contributed by atoms with E-state index in [2.05, 4.69) is 32.7 Å². The Morgan fingerprint density at radius 1 is 1.17 bits per heavy atom. The number of rotatable bonds is 6. The number of hydrogen-bond acceptors (Lipinski definition) is 5. The molecule has 0 amide bonds. The van der Waals surface area contributed by atoms with E-state index in [-0.39, 0.29) is 5.28 Å². The molecule has 1 aliphatic heterocycles. The minimum absolute atomic E-state index is 0.247. The molecule has 0 bridgehead atoms. The zero-order chi connectivity index (χ0) is 20.6. The third-order valence-corrected chi connectivity index (χ3v) is 6.41. The van der Waals surface area contributed by atoms with Gasteiger partial charge in [-0.2, -0.15) is 4.98 Å². The standard InChI is InChI=1S/C23H24ClN5O/c1-30-18-9-7-16(8-10-18)11-13-23(12-4-14-26-23)20-19-21(28-22(24)27-20)29(15-25-19)17-5-2-3-6-17/h4,7-10,12,14-15,17H,2-3,5-6,11,13H2,1H3. The van der Waals surface area contributed by atoms with Gasteiger partial charge in [-0.05, 0) is 67.1 Å². The molecular formula is C23H24ClN5O. The summed E-state index contributed by atoms with van der Waals surface area (Å²) in [5.41, 5.74) is 3.03.